The summed E-state index contributed by atoms with van der Waals surface area (Å²) >= 11 is 0. The van der Waals surface area contributed by atoms with Crippen molar-refractivity contribution in [3.8, 4) is 11.1 Å². The molecule has 20 heavy (non-hydrogen) atoms. The Morgan fingerprint density at radius 1 is 0.950 bits per heavy atom. The van der Waals surface area contributed by atoms with Crippen LogP contribution in [0, 0.1) is 16.3 Å². The number of hydrogen-bond donors (Lipinski definition) is 0. The van der Waals surface area contributed by atoms with Crippen LogP contribution in [0.5, 0.6) is 0 Å². The molecule has 1 aliphatic rings. The van der Waals surface area contributed by atoms with E-state index in [1.807, 2.05) is 24.3 Å². The van der Waals surface area contributed by atoms with Crippen LogP contribution in [0.2, 0.25) is 0 Å². The summed E-state index contributed by atoms with van der Waals surface area (Å²) in [5.74, 6) is 0. The van der Waals surface area contributed by atoms with Gasteiger partial charge in [-0.1, -0.05) is 0 Å². The summed E-state index contributed by atoms with van der Waals surface area (Å²) in [6.07, 6.45) is 0.430. The van der Waals surface area contributed by atoms with Crippen molar-refractivity contribution in [1.82, 2.24) is 0 Å². The fourth-order valence-corrected chi connectivity index (χ4v) is 1.94. The predicted octanol–water partition coefficient (Wildman–Crippen LogP) is 3.93. The highest BCUT2D eigenvalue weighted by Crippen LogP contribution is 2.33. The lowest BCUT2D eigenvalue weighted by Gasteiger charge is -2.01. The quantitative estimate of drug-likeness (QED) is 0.478. The van der Waals surface area contributed by atoms with Gasteiger partial charge in [-0.15, -0.1) is 0 Å². The Bertz CT molecular complexity index is 697. The average Bonchev–Trinajstić information content (AvgIpc) is 3.01. The summed E-state index contributed by atoms with van der Waals surface area (Å²) in [7, 11) is 0. The number of hydrogen-bond acceptors (Lipinski definition) is 6. The molecule has 96 valence electrons. The van der Waals surface area contributed by atoms with E-state index >= 15 is 0 Å². The van der Waals surface area contributed by atoms with Crippen LogP contribution in [0.15, 0.2) is 69.2 Å². The Morgan fingerprint density at radius 2 is 1.60 bits per heavy atom. The fraction of sp³-hybridized carbons (Fsp3) is 0. The topological polar surface area (TPSA) is 92.6 Å². The van der Waals surface area contributed by atoms with Crippen molar-refractivity contribution < 1.29 is 4.92 Å². The maximum atomic E-state index is 10.7. The molecule has 0 atom stereocenters. The Kier molecular flexibility index (Phi) is 2.92. The van der Waals surface area contributed by atoms with E-state index in [0.29, 0.717) is 6.17 Å². The third-order valence-electron chi connectivity index (χ3n) is 2.88. The van der Waals surface area contributed by atoms with Gasteiger partial charge in [-0.25, -0.2) is 0 Å². The largest absolute Gasteiger partial charge is 0.314 e. The summed E-state index contributed by atoms with van der Waals surface area (Å²) in [6.45, 7) is 0. The Hall–Kier alpha value is -3.09. The lowest BCUT2D eigenvalue weighted by atomic mass is 9.98. The van der Waals surface area contributed by atoms with Crippen molar-refractivity contribution >= 4 is 5.69 Å². The average molecular weight is 266 g/mol. The minimum absolute atomic E-state index is 0.0547. The van der Waals surface area contributed by atoms with Gasteiger partial charge in [0.1, 0.15) is 0 Å². The first kappa shape index (κ1) is 12.0. The third kappa shape index (κ3) is 2.12. The van der Waals surface area contributed by atoms with Gasteiger partial charge in [-0.3, -0.25) is 10.1 Å². The normalized spacial score (nSPS) is 12.9. The molecular weight excluding hydrogens is 258 g/mol. The molecule has 0 aromatic heterocycles. The van der Waals surface area contributed by atoms with Gasteiger partial charge in [0.2, 0.25) is 0 Å². The summed E-state index contributed by atoms with van der Waals surface area (Å²) in [6, 6.07) is 13.8. The number of benzene rings is 2. The second kappa shape index (κ2) is 4.88. The Morgan fingerprint density at radius 3 is 2.25 bits per heavy atom. The molecule has 0 aliphatic carbocycles. The summed E-state index contributed by atoms with van der Waals surface area (Å²) in [5.41, 5.74) is 2.55. The van der Waals surface area contributed by atoms with Crippen molar-refractivity contribution in [3.05, 3.63) is 70.4 Å². The highest BCUT2D eigenvalue weighted by atomic mass is 16.6. The van der Waals surface area contributed by atoms with Gasteiger partial charge in [0, 0.05) is 23.8 Å². The van der Waals surface area contributed by atoms with E-state index in [4.69, 9.17) is 0 Å². The minimum Gasteiger partial charge on any atom is -0.258 e. The van der Waals surface area contributed by atoms with Crippen LogP contribution in [0.3, 0.4) is 0 Å². The molecule has 1 heterocycles. The SMILES string of the molecule is O=[N+]([O-])c1ccc(-c2ccccc2[C+]2N=NN=N2)cc1. The zero-order valence-electron chi connectivity index (χ0n) is 10.2. The lowest BCUT2D eigenvalue weighted by Crippen LogP contribution is -1.94. The zero-order chi connectivity index (χ0) is 13.9. The van der Waals surface area contributed by atoms with E-state index in [1.54, 1.807) is 12.1 Å². The van der Waals surface area contributed by atoms with E-state index in [9.17, 15) is 10.1 Å². The first-order valence-electron chi connectivity index (χ1n) is 5.78. The second-order valence-corrected chi connectivity index (χ2v) is 4.05. The number of nitrogens with zero attached hydrogens (tertiary/aromatic N) is 5. The summed E-state index contributed by atoms with van der Waals surface area (Å²) in [5, 5.41) is 25.3. The third-order valence-corrected chi connectivity index (χ3v) is 2.88. The zero-order valence-corrected chi connectivity index (χ0v) is 10.2. The van der Waals surface area contributed by atoms with Gasteiger partial charge >= 0.3 is 6.17 Å². The van der Waals surface area contributed by atoms with E-state index in [-0.39, 0.29) is 5.69 Å². The van der Waals surface area contributed by atoms with Crippen LogP contribution >= 0.6 is 0 Å². The molecule has 2 aromatic carbocycles. The maximum absolute atomic E-state index is 10.7. The molecule has 0 saturated heterocycles. The second-order valence-electron chi connectivity index (χ2n) is 4.05. The molecule has 0 unspecified atom stereocenters. The van der Waals surface area contributed by atoms with Crippen LogP contribution in [-0.4, -0.2) is 4.92 Å². The number of nitro groups is 1. The van der Waals surface area contributed by atoms with Gasteiger partial charge < -0.3 is 0 Å². The molecule has 0 N–H and O–H groups in total. The standard InChI is InChI=1S/C13H8N5O2/c19-18(20)10-7-5-9(6-8-10)11-3-1-2-4-12(11)13-14-16-17-15-13/h1-8H/q+1. The summed E-state index contributed by atoms with van der Waals surface area (Å²) < 4.78 is 0. The van der Waals surface area contributed by atoms with E-state index in [1.165, 1.54) is 12.1 Å². The lowest BCUT2D eigenvalue weighted by molar-refractivity contribution is -0.384. The molecule has 0 radical (unpaired) electrons. The van der Waals surface area contributed by atoms with Crippen molar-refractivity contribution in [1.29, 1.82) is 0 Å². The van der Waals surface area contributed by atoms with Crippen LogP contribution in [0.25, 0.3) is 11.1 Å². The van der Waals surface area contributed by atoms with Crippen LogP contribution in [-0.2, 0) is 0 Å². The molecule has 0 amide bonds. The van der Waals surface area contributed by atoms with Gasteiger partial charge in [0.25, 0.3) is 5.69 Å². The van der Waals surface area contributed by atoms with Crippen LogP contribution in [0.1, 0.15) is 5.56 Å². The van der Waals surface area contributed by atoms with Gasteiger partial charge in [-0.05, 0) is 44.9 Å². The first-order valence-corrected chi connectivity index (χ1v) is 5.78. The van der Waals surface area contributed by atoms with Gasteiger partial charge in [-0.2, -0.15) is 0 Å². The molecule has 0 saturated carbocycles. The first-order chi connectivity index (χ1) is 9.75. The van der Waals surface area contributed by atoms with Gasteiger partial charge in [0.05, 0.1) is 16.6 Å². The van der Waals surface area contributed by atoms with E-state index < -0.39 is 4.92 Å². The molecule has 3 rings (SSSR count). The maximum Gasteiger partial charge on any atom is 0.314 e. The van der Waals surface area contributed by atoms with Crippen LogP contribution in [0.4, 0.5) is 5.69 Å². The molecular formula is C13H8N5O2+. The van der Waals surface area contributed by atoms with Crippen molar-refractivity contribution in [3.63, 3.8) is 0 Å². The number of non-ortho nitro benzene ring substituents is 1. The molecule has 0 spiro atoms. The fourth-order valence-electron chi connectivity index (χ4n) is 1.94. The van der Waals surface area contributed by atoms with Gasteiger partial charge in [0.15, 0.2) is 5.56 Å². The van der Waals surface area contributed by atoms with Crippen molar-refractivity contribution in [2.45, 2.75) is 0 Å². The van der Waals surface area contributed by atoms with E-state index in [0.717, 1.165) is 16.7 Å². The van der Waals surface area contributed by atoms with E-state index in [2.05, 4.69) is 20.7 Å². The summed E-state index contributed by atoms with van der Waals surface area (Å²) in [4.78, 5) is 10.2. The highest BCUT2D eigenvalue weighted by molar-refractivity contribution is 5.70. The number of nitro benzene ring substituents is 1. The highest BCUT2D eigenvalue weighted by Gasteiger charge is 2.28. The molecule has 0 bridgehead atoms. The molecule has 7 heteroatoms. The molecule has 2 aromatic rings. The van der Waals surface area contributed by atoms with Crippen molar-refractivity contribution in [2.24, 2.45) is 20.7 Å². The molecule has 7 nitrogen and oxygen atoms in total. The monoisotopic (exact) mass is 266 g/mol. The Labute approximate surface area is 113 Å². The Balaban J connectivity index is 2.03. The predicted molar refractivity (Wildman–Crippen MR) is 70.6 cm³/mol. The van der Waals surface area contributed by atoms with Crippen LogP contribution < -0.4 is 0 Å². The molecule has 0 fully saturated rings. The smallest absolute Gasteiger partial charge is 0.258 e. The minimum atomic E-state index is -0.427. The number of rotatable bonds is 3. The molecule has 1 aliphatic heterocycles. The van der Waals surface area contributed by atoms with Crippen molar-refractivity contribution in [2.75, 3.05) is 0 Å².